The third kappa shape index (κ3) is 2.97. The molecule has 26 heavy (non-hydrogen) atoms. The van der Waals surface area contributed by atoms with Gasteiger partial charge in [-0.1, -0.05) is 36.4 Å². The lowest BCUT2D eigenvalue weighted by Gasteiger charge is -2.18. The molecule has 0 N–H and O–H groups in total. The highest BCUT2D eigenvalue weighted by molar-refractivity contribution is 9.10. The van der Waals surface area contributed by atoms with Crippen LogP contribution in [0, 0.1) is 0 Å². The first-order valence-corrected chi connectivity index (χ1v) is 9.48. The van der Waals surface area contributed by atoms with Crippen molar-refractivity contribution in [2.75, 3.05) is 11.4 Å². The summed E-state index contributed by atoms with van der Waals surface area (Å²) in [5.41, 5.74) is 4.05. The van der Waals surface area contributed by atoms with Crippen molar-refractivity contribution >= 4 is 38.6 Å². The van der Waals surface area contributed by atoms with E-state index in [1.54, 1.807) is 0 Å². The minimum Gasteiger partial charge on any atom is -0.324 e. The first kappa shape index (κ1) is 17.0. The first-order chi connectivity index (χ1) is 12.5. The molecule has 1 saturated heterocycles. The van der Waals surface area contributed by atoms with Crippen LogP contribution in [-0.2, 0) is 11.3 Å². The van der Waals surface area contributed by atoms with E-state index in [1.165, 1.54) is 0 Å². The van der Waals surface area contributed by atoms with Crippen LogP contribution in [0.25, 0.3) is 11.0 Å². The minimum atomic E-state index is 0.0707. The number of halogens is 1. The zero-order valence-corrected chi connectivity index (χ0v) is 16.2. The smallest absolute Gasteiger partial charge is 0.227 e. The Morgan fingerprint density at radius 1 is 1.23 bits per heavy atom. The van der Waals surface area contributed by atoms with Gasteiger partial charge in [-0.3, -0.25) is 4.79 Å². The molecule has 1 aromatic heterocycles. The van der Waals surface area contributed by atoms with Crippen molar-refractivity contribution in [3.63, 3.8) is 0 Å². The maximum atomic E-state index is 12.7. The molecular weight excluding hydrogens is 390 g/mol. The van der Waals surface area contributed by atoms with Crippen molar-refractivity contribution in [1.29, 1.82) is 0 Å². The van der Waals surface area contributed by atoms with Crippen LogP contribution in [0.4, 0.5) is 5.69 Å². The van der Waals surface area contributed by atoms with E-state index in [-0.39, 0.29) is 11.8 Å². The van der Waals surface area contributed by atoms with Gasteiger partial charge < -0.3 is 9.47 Å². The molecule has 1 aliphatic rings. The van der Waals surface area contributed by atoms with E-state index in [1.807, 2.05) is 54.3 Å². The second-order valence-electron chi connectivity index (χ2n) is 6.86. The fourth-order valence-corrected chi connectivity index (χ4v) is 4.12. The van der Waals surface area contributed by atoms with Gasteiger partial charge in [0.05, 0.1) is 16.7 Å². The molecule has 4 rings (SSSR count). The van der Waals surface area contributed by atoms with E-state index in [0.29, 0.717) is 13.0 Å². The summed E-state index contributed by atoms with van der Waals surface area (Å²) in [5.74, 6) is 1.18. The molecule has 0 saturated carbocycles. The van der Waals surface area contributed by atoms with E-state index < -0.39 is 0 Å². The summed E-state index contributed by atoms with van der Waals surface area (Å²) in [4.78, 5) is 19.4. The van der Waals surface area contributed by atoms with Gasteiger partial charge in [0.1, 0.15) is 5.82 Å². The number of amides is 1. The number of allylic oxidation sites excluding steroid dienone is 1. The fraction of sp³-hybridized carbons (Fsp3) is 0.238. The van der Waals surface area contributed by atoms with Gasteiger partial charge in [-0.25, -0.2) is 4.98 Å². The number of anilines is 1. The number of hydrogen-bond acceptors (Lipinski definition) is 2. The van der Waals surface area contributed by atoms with Crippen molar-refractivity contribution in [3.8, 4) is 0 Å². The van der Waals surface area contributed by atoms with Crippen LogP contribution in [0.2, 0.25) is 0 Å². The maximum Gasteiger partial charge on any atom is 0.227 e. The van der Waals surface area contributed by atoms with Gasteiger partial charge in [0.15, 0.2) is 0 Å². The van der Waals surface area contributed by atoms with Crippen molar-refractivity contribution in [2.45, 2.75) is 25.8 Å². The van der Waals surface area contributed by atoms with Crippen molar-refractivity contribution in [3.05, 3.63) is 71.0 Å². The lowest BCUT2D eigenvalue weighted by molar-refractivity contribution is -0.117. The number of benzene rings is 2. The van der Waals surface area contributed by atoms with Crippen LogP contribution in [0.3, 0.4) is 0 Å². The van der Waals surface area contributed by atoms with Crippen LogP contribution in [0.15, 0.2) is 65.2 Å². The molecule has 0 aliphatic carbocycles. The summed E-state index contributed by atoms with van der Waals surface area (Å²) in [7, 11) is 0. The number of imidazole rings is 1. The zero-order chi connectivity index (χ0) is 18.3. The first-order valence-electron chi connectivity index (χ1n) is 8.69. The predicted molar refractivity (Wildman–Crippen MR) is 108 cm³/mol. The number of fused-ring (bicyclic) bond motifs is 1. The molecule has 0 radical (unpaired) electrons. The molecular formula is C21H20BrN3O. The van der Waals surface area contributed by atoms with Crippen LogP contribution < -0.4 is 4.90 Å². The standard InChI is InChI=1S/C21H20BrN3O/c1-14(2)12-25-19-10-6-4-8-17(19)23-21(25)15-11-20(26)24(13-15)18-9-5-3-7-16(18)22/h3-10,15H,1,11-13H2,2H3. The lowest BCUT2D eigenvalue weighted by Crippen LogP contribution is -2.25. The SMILES string of the molecule is C=C(C)Cn1c(C2CC(=O)N(c3ccccc3Br)C2)nc2ccccc21. The van der Waals surface area contributed by atoms with Crippen LogP contribution in [-0.4, -0.2) is 22.0 Å². The van der Waals surface area contributed by atoms with Crippen LogP contribution in [0.1, 0.15) is 25.1 Å². The second kappa shape index (κ2) is 6.72. The quantitative estimate of drug-likeness (QED) is 0.574. The summed E-state index contributed by atoms with van der Waals surface area (Å²) in [6.45, 7) is 7.44. The maximum absolute atomic E-state index is 12.7. The van der Waals surface area contributed by atoms with Crippen molar-refractivity contribution < 1.29 is 4.79 Å². The topological polar surface area (TPSA) is 38.1 Å². The van der Waals surface area contributed by atoms with E-state index in [9.17, 15) is 4.79 Å². The Bertz CT molecular complexity index is 1010. The summed E-state index contributed by atoms with van der Waals surface area (Å²) in [6.07, 6.45) is 0.473. The third-order valence-electron chi connectivity index (χ3n) is 4.75. The molecule has 1 aliphatic heterocycles. The number of carbonyl (C=O) groups is 1. The highest BCUT2D eigenvalue weighted by Gasteiger charge is 2.35. The van der Waals surface area contributed by atoms with E-state index >= 15 is 0 Å². The Balaban J connectivity index is 1.73. The van der Waals surface area contributed by atoms with Gasteiger partial charge in [-0.05, 0) is 47.1 Å². The van der Waals surface area contributed by atoms with E-state index in [0.717, 1.165) is 39.1 Å². The summed E-state index contributed by atoms with van der Waals surface area (Å²) in [5, 5.41) is 0. The highest BCUT2D eigenvalue weighted by Crippen LogP contribution is 2.36. The number of rotatable bonds is 4. The average Bonchev–Trinajstić information content (AvgIpc) is 3.16. The van der Waals surface area contributed by atoms with Crippen LogP contribution in [0.5, 0.6) is 0 Å². The van der Waals surface area contributed by atoms with Crippen molar-refractivity contribution in [2.24, 2.45) is 0 Å². The Kier molecular flexibility index (Phi) is 4.41. The Morgan fingerprint density at radius 3 is 2.73 bits per heavy atom. The van der Waals surface area contributed by atoms with Crippen LogP contribution >= 0.6 is 15.9 Å². The molecule has 1 atom stereocenters. The van der Waals surface area contributed by atoms with E-state index in [4.69, 9.17) is 4.98 Å². The molecule has 5 heteroatoms. The van der Waals surface area contributed by atoms with Gasteiger partial charge in [-0.15, -0.1) is 0 Å². The molecule has 2 heterocycles. The van der Waals surface area contributed by atoms with Gasteiger partial charge in [-0.2, -0.15) is 0 Å². The van der Waals surface area contributed by atoms with Gasteiger partial charge >= 0.3 is 0 Å². The minimum absolute atomic E-state index is 0.0707. The summed E-state index contributed by atoms with van der Waals surface area (Å²) in [6, 6.07) is 16.0. The molecule has 1 unspecified atom stereocenters. The molecule has 1 amide bonds. The largest absolute Gasteiger partial charge is 0.324 e. The number of hydrogen-bond donors (Lipinski definition) is 0. The third-order valence-corrected chi connectivity index (χ3v) is 5.42. The Labute approximate surface area is 161 Å². The molecule has 3 aromatic rings. The average molecular weight is 410 g/mol. The fourth-order valence-electron chi connectivity index (χ4n) is 3.63. The predicted octanol–water partition coefficient (Wildman–Crippen LogP) is 4.90. The Morgan fingerprint density at radius 2 is 1.96 bits per heavy atom. The normalized spacial score (nSPS) is 17.2. The summed E-state index contributed by atoms with van der Waals surface area (Å²) < 4.78 is 3.14. The highest BCUT2D eigenvalue weighted by atomic mass is 79.9. The second-order valence-corrected chi connectivity index (χ2v) is 7.71. The molecule has 1 fully saturated rings. The number of para-hydroxylation sites is 3. The molecule has 0 bridgehead atoms. The lowest BCUT2D eigenvalue weighted by atomic mass is 10.1. The van der Waals surface area contributed by atoms with Gasteiger partial charge in [0, 0.05) is 29.9 Å². The molecule has 4 nitrogen and oxygen atoms in total. The van der Waals surface area contributed by atoms with Gasteiger partial charge in [0.25, 0.3) is 0 Å². The Hall–Kier alpha value is -2.40. The zero-order valence-electron chi connectivity index (χ0n) is 14.7. The molecule has 0 spiro atoms. The number of aromatic nitrogens is 2. The molecule has 132 valence electrons. The molecule has 2 aromatic carbocycles. The number of nitrogens with zero attached hydrogens (tertiary/aromatic N) is 3. The van der Waals surface area contributed by atoms with E-state index in [2.05, 4.69) is 33.1 Å². The summed E-state index contributed by atoms with van der Waals surface area (Å²) >= 11 is 3.56. The van der Waals surface area contributed by atoms with Gasteiger partial charge in [0.2, 0.25) is 5.91 Å². The monoisotopic (exact) mass is 409 g/mol. The van der Waals surface area contributed by atoms with Crippen molar-refractivity contribution in [1.82, 2.24) is 9.55 Å². The number of carbonyl (C=O) groups excluding carboxylic acids is 1.